The van der Waals surface area contributed by atoms with E-state index in [4.69, 9.17) is 10.9 Å². The van der Waals surface area contributed by atoms with E-state index in [2.05, 4.69) is 17.2 Å². The van der Waals surface area contributed by atoms with E-state index in [-0.39, 0.29) is 16.8 Å². The van der Waals surface area contributed by atoms with Crippen molar-refractivity contribution in [3.05, 3.63) is 45.9 Å². The molecule has 0 saturated heterocycles. The molecule has 0 aliphatic carbocycles. The number of nitrogens with two attached hydrogens (primary N) is 2. The van der Waals surface area contributed by atoms with Crippen molar-refractivity contribution in [1.29, 1.82) is 0 Å². The number of primary sulfonamides is 1. The summed E-state index contributed by atoms with van der Waals surface area (Å²) in [5.74, 6) is -0.243. The fourth-order valence-corrected chi connectivity index (χ4v) is 3.60. The lowest BCUT2D eigenvalue weighted by Crippen LogP contribution is -2.26. The van der Waals surface area contributed by atoms with Crippen molar-refractivity contribution in [2.75, 3.05) is 6.54 Å². The van der Waals surface area contributed by atoms with Crippen molar-refractivity contribution < 1.29 is 13.2 Å². The molecule has 0 spiro atoms. The Labute approximate surface area is 151 Å². The second-order valence-corrected chi connectivity index (χ2v) is 8.11. The Balaban J connectivity index is 1.86. The fraction of sp³-hybridized carbons (Fsp3) is 0.375. The zero-order valence-corrected chi connectivity index (χ0v) is 15.6. The summed E-state index contributed by atoms with van der Waals surface area (Å²) in [6.07, 6.45) is 2.37. The van der Waals surface area contributed by atoms with E-state index in [1.165, 1.54) is 23.5 Å². The van der Waals surface area contributed by atoms with Crippen LogP contribution in [0.1, 0.15) is 46.9 Å². The molecule has 1 atom stereocenters. The van der Waals surface area contributed by atoms with Gasteiger partial charge in [-0.2, -0.15) is 0 Å². The number of amides is 1. The van der Waals surface area contributed by atoms with Crippen LogP contribution in [0.15, 0.2) is 34.5 Å². The van der Waals surface area contributed by atoms with E-state index in [9.17, 15) is 13.2 Å². The average Bonchev–Trinajstić information content (AvgIpc) is 3.05. The van der Waals surface area contributed by atoms with E-state index in [1.807, 2.05) is 0 Å². The molecule has 0 fully saturated rings. The van der Waals surface area contributed by atoms with E-state index >= 15 is 0 Å². The molecular weight excluding hydrogens is 360 g/mol. The van der Waals surface area contributed by atoms with E-state index in [0.29, 0.717) is 18.7 Å². The predicted octanol–water partition coefficient (Wildman–Crippen LogP) is 1.56. The molecule has 9 heteroatoms. The van der Waals surface area contributed by atoms with Crippen LogP contribution in [0, 0.1) is 0 Å². The Morgan fingerprint density at radius 2 is 2.00 bits per heavy atom. The van der Waals surface area contributed by atoms with Gasteiger partial charge in [0.05, 0.1) is 10.9 Å². The van der Waals surface area contributed by atoms with Gasteiger partial charge in [0.25, 0.3) is 5.91 Å². The lowest BCUT2D eigenvalue weighted by Gasteiger charge is -2.06. The quantitative estimate of drug-likeness (QED) is 0.638. The number of nitrogens with one attached hydrogen (secondary N) is 1. The van der Waals surface area contributed by atoms with Crippen LogP contribution < -0.4 is 16.2 Å². The predicted molar refractivity (Wildman–Crippen MR) is 97.8 cm³/mol. The summed E-state index contributed by atoms with van der Waals surface area (Å²) >= 11 is 1.39. The Bertz CT molecular complexity index is 816. The van der Waals surface area contributed by atoms with Gasteiger partial charge in [-0.3, -0.25) is 4.79 Å². The molecule has 136 valence electrons. The summed E-state index contributed by atoms with van der Waals surface area (Å²) in [7, 11) is -3.69. The molecule has 2 rings (SSSR count). The minimum Gasteiger partial charge on any atom is -0.350 e. The molecule has 0 radical (unpaired) electrons. The number of thiazole rings is 1. The Hall–Kier alpha value is -1.81. The lowest BCUT2D eigenvalue weighted by atomic mass is 10.1. The molecule has 5 N–H and O–H groups in total. The van der Waals surface area contributed by atoms with Crippen molar-refractivity contribution in [2.24, 2.45) is 10.9 Å². The molecule has 1 aromatic heterocycles. The summed E-state index contributed by atoms with van der Waals surface area (Å²) < 4.78 is 22.4. The van der Waals surface area contributed by atoms with Gasteiger partial charge in [0.1, 0.15) is 10.7 Å². The first-order valence-electron chi connectivity index (χ1n) is 7.92. The largest absolute Gasteiger partial charge is 0.350 e. The van der Waals surface area contributed by atoms with Crippen LogP contribution in [-0.2, 0) is 16.4 Å². The van der Waals surface area contributed by atoms with Gasteiger partial charge in [0.15, 0.2) is 0 Å². The van der Waals surface area contributed by atoms with Gasteiger partial charge >= 0.3 is 0 Å². The maximum absolute atomic E-state index is 12.1. The standard InChI is InChI=1S/C16H22N4O3S2/c1-2-3-13(17)16-20-14(10-24-16)15(21)19-9-8-11-4-6-12(7-5-11)25(18,22)23/h4-7,10,13H,2-3,8-9,17H2,1H3,(H,19,21)(H2,18,22,23). The highest BCUT2D eigenvalue weighted by Crippen LogP contribution is 2.20. The first-order valence-corrected chi connectivity index (χ1v) is 10.3. The summed E-state index contributed by atoms with van der Waals surface area (Å²) in [5.41, 5.74) is 7.27. The van der Waals surface area contributed by atoms with Crippen LogP contribution in [0.5, 0.6) is 0 Å². The molecule has 1 unspecified atom stereocenters. The van der Waals surface area contributed by atoms with E-state index in [1.54, 1.807) is 17.5 Å². The molecule has 0 bridgehead atoms. The second-order valence-electron chi connectivity index (χ2n) is 5.66. The van der Waals surface area contributed by atoms with Gasteiger partial charge < -0.3 is 11.1 Å². The molecule has 7 nitrogen and oxygen atoms in total. The molecule has 25 heavy (non-hydrogen) atoms. The highest BCUT2D eigenvalue weighted by atomic mass is 32.2. The first-order chi connectivity index (χ1) is 11.8. The van der Waals surface area contributed by atoms with Gasteiger partial charge in [-0.15, -0.1) is 11.3 Å². The minimum atomic E-state index is -3.69. The second kappa shape index (κ2) is 8.52. The van der Waals surface area contributed by atoms with Gasteiger partial charge in [-0.1, -0.05) is 25.5 Å². The zero-order valence-electron chi connectivity index (χ0n) is 13.9. The molecule has 2 aromatic rings. The first kappa shape index (κ1) is 19.5. The highest BCUT2D eigenvalue weighted by molar-refractivity contribution is 7.89. The lowest BCUT2D eigenvalue weighted by molar-refractivity contribution is 0.0949. The highest BCUT2D eigenvalue weighted by Gasteiger charge is 2.14. The monoisotopic (exact) mass is 382 g/mol. The maximum atomic E-state index is 12.1. The molecule has 1 heterocycles. The summed E-state index contributed by atoms with van der Waals surface area (Å²) in [4.78, 5) is 16.5. The number of benzene rings is 1. The van der Waals surface area contributed by atoms with Crippen LogP contribution >= 0.6 is 11.3 Å². The van der Waals surface area contributed by atoms with Gasteiger partial charge in [-0.05, 0) is 30.5 Å². The third-order valence-corrected chi connectivity index (χ3v) is 5.53. The number of nitrogens with zero attached hydrogens (tertiary/aromatic N) is 1. The number of carbonyl (C=O) groups excluding carboxylic acids is 1. The summed E-state index contributed by atoms with van der Waals surface area (Å²) in [6, 6.07) is 6.13. The number of rotatable bonds is 8. The number of carbonyl (C=O) groups is 1. The Kier molecular flexibility index (Phi) is 6.65. The van der Waals surface area contributed by atoms with Crippen molar-refractivity contribution in [1.82, 2.24) is 10.3 Å². The molecule has 1 amide bonds. The molecule has 0 aliphatic rings. The summed E-state index contributed by atoms with van der Waals surface area (Å²) in [6.45, 7) is 2.47. The van der Waals surface area contributed by atoms with Gasteiger partial charge in [0.2, 0.25) is 10.0 Å². The van der Waals surface area contributed by atoms with Crippen molar-refractivity contribution >= 4 is 27.3 Å². The summed E-state index contributed by atoms with van der Waals surface area (Å²) in [5, 5.41) is 10.3. The number of hydrogen-bond donors (Lipinski definition) is 3. The zero-order chi connectivity index (χ0) is 18.4. The van der Waals surface area contributed by atoms with E-state index in [0.717, 1.165) is 23.4 Å². The Morgan fingerprint density at radius 1 is 1.32 bits per heavy atom. The van der Waals surface area contributed by atoms with Crippen molar-refractivity contribution in [3.63, 3.8) is 0 Å². The average molecular weight is 383 g/mol. The SMILES string of the molecule is CCCC(N)c1nc(C(=O)NCCc2ccc(S(N)(=O)=O)cc2)cs1. The molecular formula is C16H22N4O3S2. The normalized spacial score (nSPS) is 12.8. The molecule has 1 aromatic carbocycles. The third kappa shape index (κ3) is 5.60. The number of sulfonamides is 1. The Morgan fingerprint density at radius 3 is 2.60 bits per heavy atom. The van der Waals surface area contributed by atoms with Crippen molar-refractivity contribution in [3.8, 4) is 0 Å². The van der Waals surface area contributed by atoms with Crippen molar-refractivity contribution in [2.45, 2.75) is 37.1 Å². The van der Waals surface area contributed by atoms with E-state index < -0.39 is 10.0 Å². The topological polar surface area (TPSA) is 128 Å². The van der Waals surface area contributed by atoms with Gasteiger partial charge in [0, 0.05) is 11.9 Å². The van der Waals surface area contributed by atoms with Crippen LogP contribution in [0.2, 0.25) is 0 Å². The molecule has 0 saturated carbocycles. The number of aromatic nitrogens is 1. The van der Waals surface area contributed by atoms with Crippen LogP contribution in [0.3, 0.4) is 0 Å². The fourth-order valence-electron chi connectivity index (χ4n) is 2.25. The molecule has 0 aliphatic heterocycles. The third-order valence-electron chi connectivity index (χ3n) is 3.62. The van der Waals surface area contributed by atoms with Gasteiger partial charge in [-0.25, -0.2) is 18.5 Å². The number of hydrogen-bond acceptors (Lipinski definition) is 6. The minimum absolute atomic E-state index is 0.0682. The maximum Gasteiger partial charge on any atom is 0.270 e. The van der Waals surface area contributed by atoms with Crippen LogP contribution in [-0.4, -0.2) is 25.9 Å². The van der Waals surface area contributed by atoms with Crippen LogP contribution in [0.25, 0.3) is 0 Å². The smallest absolute Gasteiger partial charge is 0.270 e. The van der Waals surface area contributed by atoms with Crippen LogP contribution in [0.4, 0.5) is 0 Å².